The molecule has 0 spiro atoms. The molecule has 0 bridgehead atoms. The maximum absolute atomic E-state index is 6.05. The average molecular weight is 431 g/mol. The van der Waals surface area contributed by atoms with E-state index in [-0.39, 0.29) is 18.2 Å². The number of nitrogens with zero attached hydrogens (tertiary/aromatic N) is 3. The van der Waals surface area contributed by atoms with Crippen LogP contribution in [0.2, 0.25) is 0 Å². The van der Waals surface area contributed by atoms with E-state index < -0.39 is 0 Å². The van der Waals surface area contributed by atoms with Crippen LogP contribution < -0.4 is 10.1 Å². The van der Waals surface area contributed by atoms with Crippen LogP contribution in [0.3, 0.4) is 0 Å². The minimum absolute atomic E-state index is 0.132. The summed E-state index contributed by atoms with van der Waals surface area (Å²) in [7, 11) is 1.73. The van der Waals surface area contributed by atoms with Crippen molar-refractivity contribution in [3.05, 3.63) is 29.8 Å². The van der Waals surface area contributed by atoms with Crippen LogP contribution in [-0.2, 0) is 9.47 Å². The molecular formula is C24H38N4O3. The van der Waals surface area contributed by atoms with Gasteiger partial charge in [-0.1, -0.05) is 12.1 Å². The van der Waals surface area contributed by atoms with Crippen LogP contribution in [0.15, 0.2) is 29.3 Å². The Morgan fingerprint density at radius 2 is 2.00 bits per heavy atom. The van der Waals surface area contributed by atoms with Crippen molar-refractivity contribution < 1.29 is 14.2 Å². The number of nitrogens with one attached hydrogen (secondary N) is 1. The molecule has 3 fully saturated rings. The van der Waals surface area contributed by atoms with E-state index in [1.54, 1.807) is 7.11 Å². The standard InChI is InChI=1S/C24H38N4O3/c1-3-25-24(28-13-15-31-23(18-28)22-10-7-14-30-22)26-17-21(27-11-4-5-12-27)19-8-6-9-20(16-19)29-2/h6,8-9,16,21-23H,3-5,7,10-15,17-18H2,1-2H3,(H,25,26). The molecule has 1 aromatic rings. The van der Waals surface area contributed by atoms with E-state index in [0.29, 0.717) is 0 Å². The zero-order valence-corrected chi connectivity index (χ0v) is 19.1. The Labute approximate surface area is 186 Å². The van der Waals surface area contributed by atoms with E-state index >= 15 is 0 Å². The molecule has 1 N–H and O–H groups in total. The molecule has 0 radical (unpaired) electrons. The number of morpholine rings is 1. The summed E-state index contributed by atoms with van der Waals surface area (Å²) >= 11 is 0. The monoisotopic (exact) mass is 430 g/mol. The van der Waals surface area contributed by atoms with Crippen LogP contribution in [0.25, 0.3) is 0 Å². The van der Waals surface area contributed by atoms with Gasteiger partial charge in [-0.05, 0) is 63.4 Å². The summed E-state index contributed by atoms with van der Waals surface area (Å²) in [6.45, 7) is 9.27. The van der Waals surface area contributed by atoms with Gasteiger partial charge in [0.25, 0.3) is 0 Å². The summed E-state index contributed by atoms with van der Waals surface area (Å²) in [6, 6.07) is 8.72. The summed E-state index contributed by atoms with van der Waals surface area (Å²) in [5, 5.41) is 3.52. The first kappa shape index (κ1) is 22.4. The van der Waals surface area contributed by atoms with Crippen molar-refractivity contribution in [1.29, 1.82) is 0 Å². The number of likely N-dealkylation sites (tertiary alicyclic amines) is 1. The molecule has 4 rings (SSSR count). The van der Waals surface area contributed by atoms with Crippen LogP contribution >= 0.6 is 0 Å². The molecule has 172 valence electrons. The molecule has 3 unspecified atom stereocenters. The second-order valence-corrected chi connectivity index (χ2v) is 8.64. The zero-order chi connectivity index (χ0) is 21.5. The number of hydrogen-bond acceptors (Lipinski definition) is 5. The first-order chi connectivity index (χ1) is 15.3. The topological polar surface area (TPSA) is 58.6 Å². The summed E-state index contributed by atoms with van der Waals surface area (Å²) in [4.78, 5) is 10.0. The maximum Gasteiger partial charge on any atom is 0.194 e. The molecule has 7 heteroatoms. The highest BCUT2D eigenvalue weighted by atomic mass is 16.5. The van der Waals surface area contributed by atoms with Crippen LogP contribution in [-0.4, -0.2) is 87.6 Å². The third-order valence-corrected chi connectivity index (χ3v) is 6.58. The van der Waals surface area contributed by atoms with E-state index in [9.17, 15) is 0 Å². The largest absolute Gasteiger partial charge is 0.497 e. The first-order valence-corrected chi connectivity index (χ1v) is 11.9. The fourth-order valence-electron chi connectivity index (χ4n) is 4.92. The quantitative estimate of drug-likeness (QED) is 0.530. The maximum atomic E-state index is 6.05. The molecule has 3 heterocycles. The van der Waals surface area contributed by atoms with E-state index in [4.69, 9.17) is 19.2 Å². The fraction of sp³-hybridized carbons (Fsp3) is 0.708. The van der Waals surface area contributed by atoms with Gasteiger partial charge in [-0.2, -0.15) is 0 Å². The Morgan fingerprint density at radius 1 is 1.16 bits per heavy atom. The van der Waals surface area contributed by atoms with Gasteiger partial charge in [0.2, 0.25) is 0 Å². The molecular weight excluding hydrogens is 392 g/mol. The predicted octanol–water partition coefficient (Wildman–Crippen LogP) is 2.68. The zero-order valence-electron chi connectivity index (χ0n) is 19.1. The van der Waals surface area contributed by atoms with E-state index in [1.807, 2.05) is 6.07 Å². The molecule has 7 nitrogen and oxygen atoms in total. The molecule has 3 atom stereocenters. The third kappa shape index (κ3) is 5.70. The number of guanidine groups is 1. The number of benzene rings is 1. The van der Waals surface area contributed by atoms with Crippen molar-refractivity contribution >= 4 is 5.96 Å². The molecule has 0 amide bonds. The van der Waals surface area contributed by atoms with E-state index in [2.05, 4.69) is 40.2 Å². The van der Waals surface area contributed by atoms with Gasteiger partial charge in [-0.3, -0.25) is 9.89 Å². The minimum Gasteiger partial charge on any atom is -0.497 e. The van der Waals surface area contributed by atoms with Gasteiger partial charge in [-0.15, -0.1) is 0 Å². The molecule has 3 aliphatic heterocycles. The van der Waals surface area contributed by atoms with Crippen molar-refractivity contribution in [2.75, 3.05) is 59.6 Å². The number of rotatable bonds is 7. The number of ether oxygens (including phenoxy) is 3. The van der Waals surface area contributed by atoms with Gasteiger partial charge in [0, 0.05) is 26.2 Å². The van der Waals surface area contributed by atoms with Gasteiger partial charge in [0.15, 0.2) is 5.96 Å². The summed E-state index contributed by atoms with van der Waals surface area (Å²) in [5.74, 6) is 1.89. The Balaban J connectivity index is 1.50. The van der Waals surface area contributed by atoms with Crippen molar-refractivity contribution in [3.8, 4) is 5.75 Å². The average Bonchev–Trinajstić information content (AvgIpc) is 3.54. The Morgan fingerprint density at radius 3 is 2.74 bits per heavy atom. The van der Waals surface area contributed by atoms with Crippen LogP contribution in [0.4, 0.5) is 0 Å². The minimum atomic E-state index is 0.132. The number of methoxy groups -OCH3 is 1. The van der Waals surface area contributed by atoms with Gasteiger partial charge < -0.3 is 24.4 Å². The van der Waals surface area contributed by atoms with E-state index in [0.717, 1.165) is 77.0 Å². The predicted molar refractivity (Wildman–Crippen MR) is 123 cm³/mol. The highest BCUT2D eigenvalue weighted by Gasteiger charge is 2.32. The molecule has 1 aromatic carbocycles. The normalized spacial score (nSPS) is 26.3. The van der Waals surface area contributed by atoms with Crippen LogP contribution in [0.1, 0.15) is 44.2 Å². The van der Waals surface area contributed by atoms with Crippen molar-refractivity contribution in [2.24, 2.45) is 4.99 Å². The van der Waals surface area contributed by atoms with Crippen molar-refractivity contribution in [2.45, 2.75) is 50.9 Å². The summed E-state index contributed by atoms with van der Waals surface area (Å²) in [6.07, 6.45) is 5.11. The molecule has 0 aliphatic carbocycles. The highest BCUT2D eigenvalue weighted by Crippen LogP contribution is 2.28. The van der Waals surface area contributed by atoms with Crippen LogP contribution in [0.5, 0.6) is 5.75 Å². The third-order valence-electron chi connectivity index (χ3n) is 6.58. The Hall–Kier alpha value is -1.83. The van der Waals surface area contributed by atoms with Crippen LogP contribution in [0, 0.1) is 0 Å². The molecule has 0 saturated carbocycles. The van der Waals surface area contributed by atoms with Gasteiger partial charge in [0.1, 0.15) is 11.9 Å². The smallest absolute Gasteiger partial charge is 0.194 e. The lowest BCUT2D eigenvalue weighted by atomic mass is 10.1. The highest BCUT2D eigenvalue weighted by molar-refractivity contribution is 5.80. The SMILES string of the molecule is CCNC(=NCC(c1cccc(OC)c1)N1CCCC1)N1CCOC(C2CCCO2)C1. The Bertz CT molecular complexity index is 717. The fourth-order valence-corrected chi connectivity index (χ4v) is 4.92. The molecule has 3 saturated heterocycles. The van der Waals surface area contributed by atoms with E-state index in [1.165, 1.54) is 18.4 Å². The lowest BCUT2D eigenvalue weighted by Crippen LogP contribution is -2.53. The molecule has 31 heavy (non-hydrogen) atoms. The number of aliphatic imine (C=N–C) groups is 1. The van der Waals surface area contributed by atoms with Gasteiger partial charge in [0.05, 0.1) is 32.4 Å². The first-order valence-electron chi connectivity index (χ1n) is 11.9. The molecule has 3 aliphatic rings. The Kier molecular flexibility index (Phi) is 8.05. The molecule has 0 aromatic heterocycles. The summed E-state index contributed by atoms with van der Waals surface area (Å²) in [5.41, 5.74) is 1.28. The van der Waals surface area contributed by atoms with Gasteiger partial charge >= 0.3 is 0 Å². The van der Waals surface area contributed by atoms with Crippen molar-refractivity contribution in [3.63, 3.8) is 0 Å². The second-order valence-electron chi connectivity index (χ2n) is 8.64. The lowest BCUT2D eigenvalue weighted by Gasteiger charge is -2.37. The van der Waals surface area contributed by atoms with Crippen molar-refractivity contribution in [1.82, 2.24) is 15.1 Å². The lowest BCUT2D eigenvalue weighted by molar-refractivity contribution is -0.0817. The summed E-state index contributed by atoms with van der Waals surface area (Å²) < 4.78 is 17.4. The van der Waals surface area contributed by atoms with Gasteiger partial charge in [-0.25, -0.2) is 0 Å². The second kappa shape index (κ2) is 11.2. The number of hydrogen-bond donors (Lipinski definition) is 1.